The molecule has 1 aromatic heterocycles. The van der Waals surface area contributed by atoms with Crippen LogP contribution in [0, 0.1) is 0 Å². The Balaban J connectivity index is 1.64. The smallest absolute Gasteiger partial charge is 0.351 e. The first-order valence-corrected chi connectivity index (χ1v) is 12.8. The molecule has 0 bridgehead atoms. The maximum Gasteiger partial charge on any atom is 0.351 e. The number of hydrogen-bond donors (Lipinski definition) is 3. The Hall–Kier alpha value is -4.32. The second-order valence-electron chi connectivity index (χ2n) is 9.53. The van der Waals surface area contributed by atoms with E-state index in [1.54, 1.807) is 14.2 Å². The van der Waals surface area contributed by atoms with Crippen LogP contribution in [0.4, 0.5) is 14.6 Å². The summed E-state index contributed by atoms with van der Waals surface area (Å²) in [6.07, 6.45) is -4.83. The number of nitrogens with zero attached hydrogens (tertiary/aromatic N) is 2. The third-order valence-corrected chi connectivity index (χ3v) is 7.21. The lowest BCUT2D eigenvalue weighted by Crippen LogP contribution is -2.42. The molecule has 214 valence electrons. The molecule has 1 aliphatic rings. The normalized spacial score (nSPS) is 20.0. The zero-order chi connectivity index (χ0) is 29.2. The minimum atomic E-state index is -3.83. The van der Waals surface area contributed by atoms with Gasteiger partial charge in [-0.15, -0.1) is 0 Å². The van der Waals surface area contributed by atoms with Gasteiger partial charge in [0.1, 0.15) is 29.0 Å². The Morgan fingerprint density at radius 3 is 1.93 bits per heavy atom. The van der Waals surface area contributed by atoms with Crippen molar-refractivity contribution in [1.82, 2.24) is 9.55 Å². The highest BCUT2D eigenvalue weighted by Gasteiger charge is 2.59. The van der Waals surface area contributed by atoms with Gasteiger partial charge in [-0.25, -0.2) is 4.79 Å². The van der Waals surface area contributed by atoms with Crippen LogP contribution in [0.1, 0.15) is 22.9 Å². The summed E-state index contributed by atoms with van der Waals surface area (Å²) >= 11 is 0. The largest absolute Gasteiger partial charge is 0.497 e. The lowest BCUT2D eigenvalue weighted by Gasteiger charge is -2.37. The lowest BCUT2D eigenvalue weighted by molar-refractivity contribution is -0.140. The molecule has 0 unspecified atom stereocenters. The van der Waals surface area contributed by atoms with E-state index in [2.05, 4.69) is 10.3 Å². The van der Waals surface area contributed by atoms with Crippen molar-refractivity contribution in [2.24, 2.45) is 0 Å². The van der Waals surface area contributed by atoms with E-state index in [4.69, 9.17) is 14.2 Å². The van der Waals surface area contributed by atoms with E-state index in [-0.39, 0.29) is 5.82 Å². The second kappa shape index (κ2) is 11.3. The summed E-state index contributed by atoms with van der Waals surface area (Å²) < 4.78 is 46.0. The first-order valence-electron chi connectivity index (χ1n) is 12.8. The molecule has 2 heterocycles. The van der Waals surface area contributed by atoms with E-state index in [0.717, 1.165) is 22.9 Å². The Labute approximate surface area is 234 Å². The maximum absolute atomic E-state index is 14.8. The summed E-state index contributed by atoms with van der Waals surface area (Å²) in [5.41, 5.74) is 0.232. The topological polar surface area (TPSA) is 115 Å². The van der Waals surface area contributed by atoms with Gasteiger partial charge >= 0.3 is 11.6 Å². The number of alkyl halides is 2. The summed E-state index contributed by atoms with van der Waals surface area (Å²) in [6.45, 7) is -0.835. The summed E-state index contributed by atoms with van der Waals surface area (Å²) in [6, 6.07) is 25.6. The molecular formula is C30H29F2N3O6. The molecule has 41 heavy (non-hydrogen) atoms. The number of halogens is 2. The zero-order valence-corrected chi connectivity index (χ0v) is 22.3. The fraction of sp³-hybridized carbons (Fsp3) is 0.267. The van der Waals surface area contributed by atoms with Crippen LogP contribution in [0.3, 0.4) is 0 Å². The predicted octanol–water partition coefficient (Wildman–Crippen LogP) is 3.55. The molecule has 3 atom stereocenters. The van der Waals surface area contributed by atoms with Gasteiger partial charge in [0.25, 0.3) is 0 Å². The van der Waals surface area contributed by atoms with Crippen LogP contribution in [-0.2, 0) is 10.3 Å². The van der Waals surface area contributed by atoms with Gasteiger partial charge in [0.2, 0.25) is 6.23 Å². The average molecular weight is 566 g/mol. The number of hydrogen-bond acceptors (Lipinski definition) is 8. The fourth-order valence-corrected chi connectivity index (χ4v) is 5.06. The molecule has 4 aromatic rings. The van der Waals surface area contributed by atoms with Crippen molar-refractivity contribution < 1.29 is 33.2 Å². The molecule has 5 rings (SSSR count). The summed E-state index contributed by atoms with van der Waals surface area (Å²) in [7, 11) is 3.14. The van der Waals surface area contributed by atoms with E-state index in [9.17, 15) is 23.8 Å². The van der Waals surface area contributed by atoms with Crippen LogP contribution in [0.5, 0.6) is 11.5 Å². The summed E-state index contributed by atoms with van der Waals surface area (Å²) in [4.78, 5) is 17.2. The Bertz CT molecular complexity index is 1480. The third kappa shape index (κ3) is 5.03. The van der Waals surface area contributed by atoms with Gasteiger partial charge in [0, 0.05) is 6.20 Å². The molecule has 1 saturated heterocycles. The average Bonchev–Trinajstić information content (AvgIpc) is 3.24. The van der Waals surface area contributed by atoms with E-state index >= 15 is 0 Å². The van der Waals surface area contributed by atoms with Crippen molar-refractivity contribution >= 4 is 5.82 Å². The first kappa shape index (κ1) is 28.2. The zero-order valence-electron chi connectivity index (χ0n) is 22.3. The van der Waals surface area contributed by atoms with Gasteiger partial charge < -0.3 is 29.7 Å². The van der Waals surface area contributed by atoms with Gasteiger partial charge in [-0.1, -0.05) is 54.6 Å². The summed E-state index contributed by atoms with van der Waals surface area (Å²) in [5, 5.41) is 22.6. The predicted molar refractivity (Wildman–Crippen MR) is 146 cm³/mol. The van der Waals surface area contributed by atoms with Gasteiger partial charge in [0.15, 0.2) is 6.10 Å². The highest BCUT2D eigenvalue weighted by atomic mass is 19.3. The van der Waals surface area contributed by atoms with Crippen LogP contribution in [0.15, 0.2) is 95.9 Å². The standard InChI is InChI=1S/C30H29F2N3O6/c1-39-22-12-8-20(9-13-22)29(19-6-4-3-5-7-19,21-10-14-23(40-2)15-11-21)34-25-16-17-35(28(38)33-25)27-30(31,32)26(37)24(18-36)41-27/h3-17,24,26-27,36-37H,18H2,1-2H3,(H,33,34,38)/t24-,26+,27-/m1/s1. The van der Waals surface area contributed by atoms with Crippen LogP contribution < -0.4 is 20.5 Å². The second-order valence-corrected chi connectivity index (χ2v) is 9.53. The molecule has 3 N–H and O–H groups in total. The van der Waals surface area contributed by atoms with E-state index in [1.807, 2.05) is 78.9 Å². The number of benzene rings is 3. The summed E-state index contributed by atoms with van der Waals surface area (Å²) in [5.74, 6) is -2.44. The molecule has 0 amide bonds. The lowest BCUT2D eigenvalue weighted by atomic mass is 9.77. The van der Waals surface area contributed by atoms with Gasteiger partial charge in [0.05, 0.1) is 20.8 Å². The molecular weight excluding hydrogens is 536 g/mol. The number of aliphatic hydroxyl groups excluding tert-OH is 2. The van der Waals surface area contributed by atoms with E-state index in [0.29, 0.717) is 16.1 Å². The van der Waals surface area contributed by atoms with Gasteiger partial charge in [-0.3, -0.25) is 4.57 Å². The molecule has 9 nitrogen and oxygen atoms in total. The number of rotatable bonds is 9. The SMILES string of the molecule is COc1ccc(C(Nc2ccn([C@@H]3O[C@H](CO)[C@H](O)C3(F)F)c(=O)n2)(c2ccccc2)c2ccc(OC)cc2)cc1. The van der Waals surface area contributed by atoms with Gasteiger partial charge in [-0.2, -0.15) is 13.8 Å². The molecule has 3 aromatic carbocycles. The number of aromatic nitrogens is 2. The van der Waals surface area contributed by atoms with Crippen molar-refractivity contribution in [1.29, 1.82) is 0 Å². The molecule has 1 aliphatic heterocycles. The quantitative estimate of drug-likeness (QED) is 0.264. The minimum absolute atomic E-state index is 0.0994. The fourth-order valence-electron chi connectivity index (χ4n) is 5.06. The molecule has 0 saturated carbocycles. The Kier molecular flexibility index (Phi) is 7.76. The number of methoxy groups -OCH3 is 2. The highest BCUT2D eigenvalue weighted by Crippen LogP contribution is 2.43. The molecule has 0 radical (unpaired) electrons. The number of nitrogens with one attached hydrogen (secondary N) is 1. The number of ether oxygens (including phenoxy) is 3. The number of anilines is 1. The molecule has 0 aliphatic carbocycles. The minimum Gasteiger partial charge on any atom is -0.497 e. The van der Waals surface area contributed by atoms with Crippen LogP contribution >= 0.6 is 0 Å². The highest BCUT2D eigenvalue weighted by molar-refractivity contribution is 5.59. The monoisotopic (exact) mass is 565 g/mol. The molecule has 11 heteroatoms. The third-order valence-electron chi connectivity index (χ3n) is 7.21. The molecule has 0 spiro atoms. The van der Waals surface area contributed by atoms with Crippen molar-refractivity contribution in [3.05, 3.63) is 118 Å². The first-order chi connectivity index (χ1) is 19.7. The van der Waals surface area contributed by atoms with Crippen molar-refractivity contribution in [3.63, 3.8) is 0 Å². The molecule has 1 fully saturated rings. The van der Waals surface area contributed by atoms with Crippen LogP contribution in [-0.4, -0.2) is 58.7 Å². The van der Waals surface area contributed by atoms with Crippen molar-refractivity contribution in [3.8, 4) is 11.5 Å². The number of aliphatic hydroxyl groups is 2. The van der Waals surface area contributed by atoms with Crippen LogP contribution in [0.2, 0.25) is 0 Å². The van der Waals surface area contributed by atoms with Crippen LogP contribution in [0.25, 0.3) is 0 Å². The Morgan fingerprint density at radius 1 is 0.927 bits per heavy atom. The van der Waals surface area contributed by atoms with Crippen molar-refractivity contribution in [2.75, 3.05) is 26.1 Å². The van der Waals surface area contributed by atoms with E-state index < -0.39 is 42.2 Å². The maximum atomic E-state index is 14.8. The van der Waals surface area contributed by atoms with E-state index in [1.165, 1.54) is 6.07 Å². The Morgan fingerprint density at radius 2 is 1.46 bits per heavy atom. The van der Waals surface area contributed by atoms with Gasteiger partial charge in [-0.05, 0) is 47.0 Å². The van der Waals surface area contributed by atoms with Crippen molar-refractivity contribution in [2.45, 2.75) is 29.9 Å².